The summed E-state index contributed by atoms with van der Waals surface area (Å²) in [7, 11) is 0. The molecule has 2 heterocycles. The maximum Gasteiger partial charge on any atom is 0.340 e. The topological polar surface area (TPSA) is 51.5 Å². The van der Waals surface area contributed by atoms with Gasteiger partial charge < -0.3 is 14.2 Å². The first-order chi connectivity index (χ1) is 12.0. The van der Waals surface area contributed by atoms with E-state index >= 15 is 0 Å². The van der Waals surface area contributed by atoms with Crippen molar-refractivity contribution in [2.45, 2.75) is 26.7 Å². The average molecular weight is 344 g/mol. The molecule has 0 saturated carbocycles. The fraction of sp³-hybridized carbons (Fsp3) is 0.368. The molecular weight excluding hydrogens is 323 g/mol. The van der Waals surface area contributed by atoms with Gasteiger partial charge in [-0.15, -0.1) is 0 Å². The van der Waals surface area contributed by atoms with E-state index in [0.29, 0.717) is 11.3 Å². The monoisotopic (exact) mass is 344 g/mol. The fourth-order valence-electron chi connectivity index (χ4n) is 3.22. The minimum atomic E-state index is -0.519. The first-order valence-corrected chi connectivity index (χ1v) is 8.37. The number of nitrogens with zero attached hydrogens (tertiary/aromatic N) is 2. The van der Waals surface area contributed by atoms with Crippen molar-refractivity contribution < 1.29 is 18.7 Å². The van der Waals surface area contributed by atoms with Gasteiger partial charge in [0, 0.05) is 30.2 Å². The zero-order valence-corrected chi connectivity index (χ0v) is 14.4. The molecule has 1 amide bonds. The lowest BCUT2D eigenvalue weighted by Gasteiger charge is -2.15. The highest BCUT2D eigenvalue weighted by Crippen LogP contribution is 2.22. The highest BCUT2D eigenvalue weighted by atomic mass is 19.1. The van der Waals surface area contributed by atoms with Crippen LogP contribution in [0.2, 0.25) is 0 Å². The number of amides is 1. The number of benzene rings is 1. The van der Waals surface area contributed by atoms with Crippen LogP contribution in [0.5, 0.6) is 0 Å². The smallest absolute Gasteiger partial charge is 0.340 e. The summed E-state index contributed by atoms with van der Waals surface area (Å²) in [5, 5.41) is 0. The molecule has 6 heteroatoms. The summed E-state index contributed by atoms with van der Waals surface area (Å²) in [6, 6.07) is 7.78. The molecule has 0 N–H and O–H groups in total. The van der Waals surface area contributed by atoms with Gasteiger partial charge >= 0.3 is 5.97 Å². The van der Waals surface area contributed by atoms with Crippen molar-refractivity contribution in [1.82, 2.24) is 9.47 Å². The lowest BCUT2D eigenvalue weighted by Crippen LogP contribution is -2.32. The number of carbonyl (C=O) groups is 2. The molecule has 1 aromatic heterocycles. The van der Waals surface area contributed by atoms with Crippen LogP contribution in [0.3, 0.4) is 0 Å². The van der Waals surface area contributed by atoms with Gasteiger partial charge in [0.1, 0.15) is 5.82 Å². The predicted molar refractivity (Wildman–Crippen MR) is 91.3 cm³/mol. The highest BCUT2D eigenvalue weighted by molar-refractivity contribution is 5.93. The van der Waals surface area contributed by atoms with Crippen molar-refractivity contribution in [3.8, 4) is 5.69 Å². The summed E-state index contributed by atoms with van der Waals surface area (Å²) in [6.07, 6.45) is 2.00. The third kappa shape index (κ3) is 3.57. The number of likely N-dealkylation sites (tertiary alicyclic amines) is 1. The zero-order valence-electron chi connectivity index (χ0n) is 14.4. The third-order valence-electron chi connectivity index (χ3n) is 4.52. The quantitative estimate of drug-likeness (QED) is 0.801. The van der Waals surface area contributed by atoms with Gasteiger partial charge in [-0.3, -0.25) is 4.79 Å². The van der Waals surface area contributed by atoms with Crippen LogP contribution in [-0.4, -0.2) is 41.0 Å². The Kier molecular flexibility index (Phi) is 4.88. The molecule has 5 nitrogen and oxygen atoms in total. The predicted octanol–water partition coefficient (Wildman–Crippen LogP) is 3.01. The van der Waals surface area contributed by atoms with Crippen LogP contribution in [0.15, 0.2) is 30.3 Å². The van der Waals surface area contributed by atoms with Gasteiger partial charge in [0.15, 0.2) is 6.61 Å². The molecule has 3 rings (SSSR count). The SMILES string of the molecule is Cc1cc(C(=O)OCC(=O)N2CCCC2)c(C)n1-c1ccc(F)cc1. The van der Waals surface area contributed by atoms with Crippen molar-refractivity contribution in [3.63, 3.8) is 0 Å². The molecule has 0 bridgehead atoms. The average Bonchev–Trinajstić information content (AvgIpc) is 3.22. The lowest BCUT2D eigenvalue weighted by atomic mass is 10.2. The van der Waals surface area contributed by atoms with E-state index in [1.165, 1.54) is 12.1 Å². The molecule has 0 radical (unpaired) electrons. The summed E-state index contributed by atoms with van der Waals surface area (Å²) >= 11 is 0. The second-order valence-corrected chi connectivity index (χ2v) is 6.26. The van der Waals surface area contributed by atoms with Gasteiger partial charge in [0.2, 0.25) is 0 Å². The van der Waals surface area contributed by atoms with E-state index in [-0.39, 0.29) is 18.3 Å². The molecule has 0 atom stereocenters. The molecule has 0 unspecified atom stereocenters. The number of aromatic nitrogens is 1. The Morgan fingerprint density at radius 2 is 1.76 bits per heavy atom. The van der Waals surface area contributed by atoms with Crippen molar-refractivity contribution in [2.24, 2.45) is 0 Å². The first-order valence-electron chi connectivity index (χ1n) is 8.37. The first kappa shape index (κ1) is 17.2. The summed E-state index contributed by atoms with van der Waals surface area (Å²) in [6.45, 7) is 4.89. The normalized spacial score (nSPS) is 14.0. The minimum absolute atomic E-state index is 0.154. The van der Waals surface area contributed by atoms with Gasteiger partial charge in [0.25, 0.3) is 5.91 Å². The molecule has 1 aliphatic rings. The van der Waals surface area contributed by atoms with E-state index in [0.717, 1.165) is 37.3 Å². The molecule has 132 valence electrons. The number of hydrogen-bond acceptors (Lipinski definition) is 3. The van der Waals surface area contributed by atoms with Crippen LogP contribution < -0.4 is 0 Å². The summed E-state index contributed by atoms with van der Waals surface area (Å²) < 4.78 is 20.2. The molecule has 1 fully saturated rings. The number of ether oxygens (including phenoxy) is 1. The van der Waals surface area contributed by atoms with E-state index in [4.69, 9.17) is 4.74 Å². The number of esters is 1. The second kappa shape index (κ2) is 7.09. The van der Waals surface area contributed by atoms with Crippen LogP contribution in [0.25, 0.3) is 5.69 Å². The number of carbonyl (C=O) groups excluding carboxylic acids is 2. The van der Waals surface area contributed by atoms with Gasteiger partial charge in [-0.05, 0) is 57.0 Å². The third-order valence-corrected chi connectivity index (χ3v) is 4.52. The fourth-order valence-corrected chi connectivity index (χ4v) is 3.22. The largest absolute Gasteiger partial charge is 0.452 e. The maximum atomic E-state index is 13.1. The summed E-state index contributed by atoms with van der Waals surface area (Å²) in [4.78, 5) is 26.1. The maximum absolute atomic E-state index is 13.1. The van der Waals surface area contributed by atoms with Gasteiger partial charge in [-0.2, -0.15) is 0 Å². The van der Waals surface area contributed by atoms with Crippen LogP contribution in [0.1, 0.15) is 34.6 Å². The molecule has 0 spiro atoms. The Labute approximate surface area is 146 Å². The van der Waals surface area contributed by atoms with E-state index < -0.39 is 5.97 Å². The van der Waals surface area contributed by atoms with E-state index in [2.05, 4.69) is 0 Å². The summed E-state index contributed by atoms with van der Waals surface area (Å²) in [5.41, 5.74) is 2.71. The van der Waals surface area contributed by atoms with Crippen LogP contribution in [0, 0.1) is 19.7 Å². The Morgan fingerprint density at radius 3 is 2.40 bits per heavy atom. The van der Waals surface area contributed by atoms with Crippen molar-refractivity contribution >= 4 is 11.9 Å². The molecule has 1 aliphatic heterocycles. The molecule has 0 aliphatic carbocycles. The van der Waals surface area contributed by atoms with E-state index in [1.807, 2.05) is 11.5 Å². The lowest BCUT2D eigenvalue weighted by molar-refractivity contribution is -0.133. The standard InChI is InChI=1S/C19H21FN2O3/c1-13-11-17(14(2)22(13)16-7-5-15(20)6-8-16)19(24)25-12-18(23)21-9-3-4-10-21/h5-8,11H,3-4,9-10,12H2,1-2H3. The minimum Gasteiger partial charge on any atom is -0.452 e. The molecule has 2 aromatic rings. The number of rotatable bonds is 4. The van der Waals surface area contributed by atoms with Crippen LogP contribution >= 0.6 is 0 Å². The Bertz CT molecular complexity index is 790. The highest BCUT2D eigenvalue weighted by Gasteiger charge is 2.22. The zero-order chi connectivity index (χ0) is 18.0. The second-order valence-electron chi connectivity index (χ2n) is 6.26. The molecule has 1 saturated heterocycles. The van der Waals surface area contributed by atoms with Crippen LogP contribution in [-0.2, 0) is 9.53 Å². The number of aryl methyl sites for hydroxylation is 1. The molecule has 25 heavy (non-hydrogen) atoms. The van der Waals surface area contributed by atoms with Crippen molar-refractivity contribution in [3.05, 3.63) is 53.1 Å². The van der Waals surface area contributed by atoms with Crippen molar-refractivity contribution in [2.75, 3.05) is 19.7 Å². The molecular formula is C19H21FN2O3. The van der Waals surface area contributed by atoms with E-state index in [1.54, 1.807) is 30.0 Å². The van der Waals surface area contributed by atoms with Gasteiger partial charge in [-0.1, -0.05) is 0 Å². The number of halogens is 1. The molecule has 1 aromatic carbocycles. The van der Waals surface area contributed by atoms with Gasteiger partial charge in [-0.25, -0.2) is 9.18 Å². The van der Waals surface area contributed by atoms with Crippen LogP contribution in [0.4, 0.5) is 4.39 Å². The van der Waals surface area contributed by atoms with Crippen molar-refractivity contribution in [1.29, 1.82) is 0 Å². The Morgan fingerprint density at radius 1 is 1.12 bits per heavy atom. The number of hydrogen-bond donors (Lipinski definition) is 0. The van der Waals surface area contributed by atoms with E-state index in [9.17, 15) is 14.0 Å². The summed E-state index contributed by atoms with van der Waals surface area (Å²) in [5.74, 6) is -0.988. The Hall–Kier alpha value is -2.63. The van der Waals surface area contributed by atoms with Gasteiger partial charge in [0.05, 0.1) is 5.56 Å². The Balaban J connectivity index is 1.74.